The minimum Gasteiger partial charge on any atom is -0.272 e. The highest BCUT2D eigenvalue weighted by Crippen LogP contribution is 2.16. The molecule has 1 heterocycles. The number of nitrogens with one attached hydrogen (secondary N) is 1. The SMILES string of the molecule is CCS(=O)(=O)c1ccc(S(=O)(=O)NCCc2c(C)nn(C)c2C)cc1. The van der Waals surface area contributed by atoms with Crippen molar-refractivity contribution in [1.82, 2.24) is 14.5 Å². The minimum atomic E-state index is -3.69. The summed E-state index contributed by atoms with van der Waals surface area (Å²) in [4.78, 5) is 0.165. The van der Waals surface area contributed by atoms with E-state index in [4.69, 9.17) is 0 Å². The second kappa shape index (κ2) is 7.27. The fraction of sp³-hybridized carbons (Fsp3) is 0.438. The van der Waals surface area contributed by atoms with Gasteiger partial charge in [-0.25, -0.2) is 21.6 Å². The number of aromatic nitrogens is 2. The average molecular weight is 386 g/mol. The second-order valence-electron chi connectivity index (χ2n) is 5.80. The van der Waals surface area contributed by atoms with E-state index in [0.29, 0.717) is 6.42 Å². The molecule has 0 radical (unpaired) electrons. The Balaban J connectivity index is 2.09. The molecule has 0 saturated heterocycles. The molecule has 0 atom stereocenters. The Morgan fingerprint density at radius 1 is 1.04 bits per heavy atom. The van der Waals surface area contributed by atoms with Crippen LogP contribution >= 0.6 is 0 Å². The Hall–Kier alpha value is -1.71. The molecular formula is C16H23N3O4S2. The van der Waals surface area contributed by atoms with E-state index in [0.717, 1.165) is 17.0 Å². The topological polar surface area (TPSA) is 98.1 Å². The summed E-state index contributed by atoms with van der Waals surface area (Å²) in [5.41, 5.74) is 2.91. The van der Waals surface area contributed by atoms with Gasteiger partial charge < -0.3 is 0 Å². The first-order chi connectivity index (χ1) is 11.6. The number of hydrogen-bond donors (Lipinski definition) is 1. The lowest BCUT2D eigenvalue weighted by Crippen LogP contribution is -2.26. The lowest BCUT2D eigenvalue weighted by atomic mass is 10.1. The summed E-state index contributed by atoms with van der Waals surface area (Å²) in [5, 5.41) is 4.31. The van der Waals surface area contributed by atoms with Crippen LogP contribution < -0.4 is 4.72 Å². The molecule has 0 amide bonds. The number of aryl methyl sites for hydroxylation is 2. The van der Waals surface area contributed by atoms with Crippen molar-refractivity contribution in [3.8, 4) is 0 Å². The number of benzene rings is 1. The fourth-order valence-electron chi connectivity index (χ4n) is 2.57. The van der Waals surface area contributed by atoms with E-state index in [2.05, 4.69) is 9.82 Å². The quantitative estimate of drug-likeness (QED) is 0.776. The van der Waals surface area contributed by atoms with Crippen LogP contribution in [0, 0.1) is 13.8 Å². The maximum atomic E-state index is 12.3. The Kier molecular flexibility index (Phi) is 5.70. The molecule has 1 N–H and O–H groups in total. The number of nitrogens with zero attached hydrogens (tertiary/aromatic N) is 2. The van der Waals surface area contributed by atoms with Crippen molar-refractivity contribution in [2.24, 2.45) is 7.05 Å². The summed E-state index contributed by atoms with van der Waals surface area (Å²) < 4.78 is 52.6. The van der Waals surface area contributed by atoms with Crippen LogP contribution in [-0.4, -0.2) is 38.9 Å². The van der Waals surface area contributed by atoms with Crippen molar-refractivity contribution in [3.63, 3.8) is 0 Å². The maximum absolute atomic E-state index is 12.3. The van der Waals surface area contributed by atoms with E-state index in [1.165, 1.54) is 24.3 Å². The molecule has 0 aliphatic heterocycles. The van der Waals surface area contributed by atoms with Gasteiger partial charge in [0, 0.05) is 19.3 Å². The first-order valence-electron chi connectivity index (χ1n) is 7.90. The van der Waals surface area contributed by atoms with E-state index < -0.39 is 19.9 Å². The molecule has 1 aromatic carbocycles. The standard InChI is InChI=1S/C16H23N3O4S2/c1-5-24(20,21)14-6-8-15(9-7-14)25(22,23)17-11-10-16-12(2)18-19(4)13(16)3/h6-9,17H,5,10-11H2,1-4H3. The summed E-state index contributed by atoms with van der Waals surface area (Å²) in [6.45, 7) is 5.62. The molecule has 9 heteroatoms. The number of rotatable bonds is 7. The van der Waals surface area contributed by atoms with Crippen molar-refractivity contribution >= 4 is 19.9 Å². The molecule has 1 aromatic heterocycles. The largest absolute Gasteiger partial charge is 0.272 e. The zero-order valence-electron chi connectivity index (χ0n) is 14.8. The van der Waals surface area contributed by atoms with Crippen LogP contribution in [0.2, 0.25) is 0 Å². The number of sulfone groups is 1. The van der Waals surface area contributed by atoms with Gasteiger partial charge in [-0.2, -0.15) is 5.10 Å². The second-order valence-corrected chi connectivity index (χ2v) is 9.84. The van der Waals surface area contributed by atoms with E-state index in [9.17, 15) is 16.8 Å². The van der Waals surface area contributed by atoms with Crippen molar-refractivity contribution in [2.45, 2.75) is 37.0 Å². The monoisotopic (exact) mass is 385 g/mol. The van der Waals surface area contributed by atoms with Crippen molar-refractivity contribution < 1.29 is 16.8 Å². The van der Waals surface area contributed by atoms with Crippen LogP contribution in [-0.2, 0) is 33.3 Å². The zero-order valence-corrected chi connectivity index (χ0v) is 16.4. The molecule has 0 unspecified atom stereocenters. The van der Waals surface area contributed by atoms with Crippen molar-refractivity contribution in [3.05, 3.63) is 41.2 Å². The molecule has 0 saturated carbocycles. The Labute approximate surface area is 149 Å². The number of hydrogen-bond acceptors (Lipinski definition) is 5. The van der Waals surface area contributed by atoms with Gasteiger partial charge in [0.1, 0.15) is 0 Å². The molecule has 0 spiro atoms. The smallest absolute Gasteiger partial charge is 0.240 e. The highest BCUT2D eigenvalue weighted by molar-refractivity contribution is 7.91. The highest BCUT2D eigenvalue weighted by atomic mass is 32.2. The van der Waals surface area contributed by atoms with Gasteiger partial charge >= 0.3 is 0 Å². The summed E-state index contributed by atoms with van der Waals surface area (Å²) in [6, 6.07) is 5.27. The van der Waals surface area contributed by atoms with Gasteiger partial charge in [-0.1, -0.05) is 6.92 Å². The predicted octanol–water partition coefficient (Wildman–Crippen LogP) is 1.35. The van der Waals surface area contributed by atoms with Crippen LogP contribution in [0.1, 0.15) is 23.9 Å². The van der Waals surface area contributed by atoms with Gasteiger partial charge in [0.2, 0.25) is 10.0 Å². The predicted molar refractivity (Wildman–Crippen MR) is 95.7 cm³/mol. The Morgan fingerprint density at radius 2 is 1.60 bits per heavy atom. The minimum absolute atomic E-state index is 0.0266. The average Bonchev–Trinajstić information content (AvgIpc) is 2.81. The van der Waals surface area contributed by atoms with Gasteiger partial charge in [0.05, 0.1) is 21.2 Å². The van der Waals surface area contributed by atoms with Crippen LogP contribution in [0.4, 0.5) is 0 Å². The zero-order chi connectivity index (χ0) is 18.8. The third-order valence-corrected chi connectivity index (χ3v) is 7.43. The fourth-order valence-corrected chi connectivity index (χ4v) is 4.48. The van der Waals surface area contributed by atoms with E-state index in [1.54, 1.807) is 11.6 Å². The van der Waals surface area contributed by atoms with E-state index >= 15 is 0 Å². The lowest BCUT2D eigenvalue weighted by Gasteiger charge is -2.08. The molecule has 25 heavy (non-hydrogen) atoms. The third-order valence-electron chi connectivity index (χ3n) is 4.20. The van der Waals surface area contributed by atoms with Gasteiger partial charge in [-0.05, 0) is 50.1 Å². The van der Waals surface area contributed by atoms with Crippen LogP contribution in [0.3, 0.4) is 0 Å². The lowest BCUT2D eigenvalue weighted by molar-refractivity contribution is 0.580. The van der Waals surface area contributed by atoms with Gasteiger partial charge in [0.25, 0.3) is 0 Å². The Bertz CT molecular complexity index is 960. The third kappa shape index (κ3) is 4.28. The van der Waals surface area contributed by atoms with E-state index in [-0.39, 0.29) is 22.1 Å². The maximum Gasteiger partial charge on any atom is 0.240 e. The van der Waals surface area contributed by atoms with E-state index in [1.807, 2.05) is 20.9 Å². The highest BCUT2D eigenvalue weighted by Gasteiger charge is 2.17. The van der Waals surface area contributed by atoms with Gasteiger partial charge in [0.15, 0.2) is 9.84 Å². The summed E-state index contributed by atoms with van der Waals surface area (Å²) in [5.74, 6) is -0.0266. The Morgan fingerprint density at radius 3 is 2.08 bits per heavy atom. The first kappa shape index (κ1) is 19.6. The van der Waals surface area contributed by atoms with Crippen molar-refractivity contribution in [2.75, 3.05) is 12.3 Å². The molecule has 2 aromatic rings. The van der Waals surface area contributed by atoms with Gasteiger partial charge in [-0.3, -0.25) is 4.68 Å². The molecule has 2 rings (SSSR count). The van der Waals surface area contributed by atoms with Crippen LogP contribution in [0.15, 0.2) is 34.1 Å². The molecule has 0 aliphatic carbocycles. The summed E-state index contributed by atoms with van der Waals surface area (Å²) in [6.07, 6.45) is 0.535. The summed E-state index contributed by atoms with van der Waals surface area (Å²) >= 11 is 0. The van der Waals surface area contributed by atoms with Crippen LogP contribution in [0.25, 0.3) is 0 Å². The normalized spacial score (nSPS) is 12.5. The van der Waals surface area contributed by atoms with Crippen molar-refractivity contribution in [1.29, 1.82) is 0 Å². The molecule has 0 bridgehead atoms. The molecule has 7 nitrogen and oxygen atoms in total. The first-order valence-corrected chi connectivity index (χ1v) is 11.0. The number of sulfonamides is 1. The van der Waals surface area contributed by atoms with Gasteiger partial charge in [-0.15, -0.1) is 0 Å². The molecule has 0 aliphatic rings. The summed E-state index contributed by atoms with van der Waals surface area (Å²) in [7, 11) is -5.19. The molecule has 0 fully saturated rings. The molecular weight excluding hydrogens is 362 g/mol. The van der Waals surface area contributed by atoms with Crippen LogP contribution in [0.5, 0.6) is 0 Å². The molecule has 138 valence electrons.